The van der Waals surface area contributed by atoms with Gasteiger partial charge in [-0.15, -0.1) is 0 Å². The Morgan fingerprint density at radius 2 is 1.51 bits per heavy atom. The highest BCUT2D eigenvalue weighted by Gasteiger charge is 2.30. The van der Waals surface area contributed by atoms with Crippen molar-refractivity contribution in [1.29, 1.82) is 0 Å². The van der Waals surface area contributed by atoms with Gasteiger partial charge in [-0.05, 0) is 59.6 Å². The van der Waals surface area contributed by atoms with Gasteiger partial charge in [0.2, 0.25) is 5.91 Å². The second-order valence-corrected chi connectivity index (χ2v) is 9.49. The molecule has 0 aliphatic heterocycles. The van der Waals surface area contributed by atoms with Crippen LogP contribution < -0.4 is 11.1 Å². The maximum Gasteiger partial charge on any atom is 0.416 e. The molecule has 0 aliphatic carbocycles. The summed E-state index contributed by atoms with van der Waals surface area (Å²) >= 11 is 0. The fourth-order valence-corrected chi connectivity index (χ4v) is 4.41. The smallest absolute Gasteiger partial charge is 0.416 e. The third kappa shape index (κ3) is 7.08. The van der Waals surface area contributed by atoms with E-state index >= 15 is 0 Å². The first-order valence-electron chi connectivity index (χ1n) is 12.8. The molecule has 0 aliphatic rings. The number of nitrogens with zero attached hydrogens (tertiary/aromatic N) is 1. The number of hydrogen-bond donors (Lipinski definition) is 3. The van der Waals surface area contributed by atoms with Crippen molar-refractivity contribution in [2.45, 2.75) is 12.2 Å². The number of amides is 2. The molecule has 1 unspecified atom stereocenters. The number of primary amides is 1. The van der Waals surface area contributed by atoms with E-state index in [9.17, 15) is 32.7 Å². The summed E-state index contributed by atoms with van der Waals surface area (Å²) in [4.78, 5) is 34.8. The van der Waals surface area contributed by atoms with Crippen LogP contribution in [0.15, 0.2) is 103 Å². The molecule has 1 atom stereocenters. The molecule has 1 aromatic heterocycles. The maximum atomic E-state index is 13.0. The Bertz CT molecular complexity index is 1780. The number of nitrogens with one attached hydrogen (secondary N) is 2. The first-order valence-corrected chi connectivity index (χ1v) is 12.8. The number of benzene rings is 4. The number of aromatic carboxylic acids is 1. The van der Waals surface area contributed by atoms with Crippen molar-refractivity contribution in [1.82, 2.24) is 4.57 Å². The van der Waals surface area contributed by atoms with E-state index in [1.54, 1.807) is 78.3 Å². The van der Waals surface area contributed by atoms with Gasteiger partial charge >= 0.3 is 12.1 Å². The summed E-state index contributed by atoms with van der Waals surface area (Å²) in [6.07, 6.45) is -4.44. The molecule has 5 rings (SSSR count). The predicted octanol–water partition coefficient (Wildman–Crippen LogP) is 7.08. The second kappa shape index (κ2) is 12.6. The summed E-state index contributed by atoms with van der Waals surface area (Å²) in [5.41, 5.74) is 14.7. The van der Waals surface area contributed by atoms with Crippen LogP contribution in [0.3, 0.4) is 0 Å². The number of alkyl halides is 3. The van der Waals surface area contributed by atoms with E-state index in [0.29, 0.717) is 38.8 Å². The topological polar surface area (TPSA) is 138 Å². The SMILES string of the molecule is Cn1c(C(=O)O)cc2cc(NC(=O)c3ccccc3-c3ccc(C(F)(F)F)cc3)ccc21.[NH-]C(C(N)=O)c1ccccc1. The minimum absolute atomic E-state index is 0.121. The monoisotopic (exact) mass is 587 g/mol. The van der Waals surface area contributed by atoms with Crippen molar-refractivity contribution < 1.29 is 32.7 Å². The number of nitrogens with two attached hydrogens (primary N) is 1. The van der Waals surface area contributed by atoms with Gasteiger partial charge in [0.1, 0.15) is 5.69 Å². The molecule has 43 heavy (non-hydrogen) atoms. The predicted molar refractivity (Wildman–Crippen MR) is 157 cm³/mol. The Morgan fingerprint density at radius 3 is 2.12 bits per heavy atom. The van der Waals surface area contributed by atoms with E-state index in [1.807, 2.05) is 6.07 Å². The van der Waals surface area contributed by atoms with Crippen molar-refractivity contribution in [2.24, 2.45) is 12.8 Å². The molecule has 11 heteroatoms. The number of aromatic nitrogens is 1. The zero-order chi connectivity index (χ0) is 31.3. The Hall–Kier alpha value is -5.42. The van der Waals surface area contributed by atoms with Crippen LogP contribution in [0.2, 0.25) is 0 Å². The number of carboxylic acids is 1. The fourth-order valence-electron chi connectivity index (χ4n) is 4.41. The minimum atomic E-state index is -4.44. The number of rotatable bonds is 6. The highest BCUT2D eigenvalue weighted by molar-refractivity contribution is 6.09. The molecular formula is C32H26F3N4O4-. The first kappa shape index (κ1) is 30.5. The van der Waals surface area contributed by atoms with Crippen molar-refractivity contribution >= 4 is 34.4 Å². The Labute approximate surface area is 244 Å². The van der Waals surface area contributed by atoms with E-state index in [2.05, 4.69) is 5.32 Å². The largest absolute Gasteiger partial charge is 0.663 e. The zero-order valence-electron chi connectivity index (χ0n) is 22.7. The molecule has 0 radical (unpaired) electrons. The van der Waals surface area contributed by atoms with Crippen LogP contribution in [0.5, 0.6) is 0 Å². The quantitative estimate of drug-likeness (QED) is 0.195. The summed E-state index contributed by atoms with van der Waals surface area (Å²) in [6.45, 7) is 0. The van der Waals surface area contributed by atoms with Gasteiger partial charge in [0.05, 0.1) is 5.56 Å². The molecule has 4 aromatic carbocycles. The van der Waals surface area contributed by atoms with Crippen molar-refractivity contribution in [2.75, 3.05) is 5.32 Å². The van der Waals surface area contributed by atoms with Gasteiger partial charge in [-0.25, -0.2) is 4.79 Å². The fraction of sp³-hybridized carbons (Fsp3) is 0.0938. The van der Waals surface area contributed by atoms with Crippen molar-refractivity contribution in [3.63, 3.8) is 0 Å². The number of anilines is 1. The number of hydrogen-bond acceptors (Lipinski definition) is 3. The Kier molecular flexibility index (Phi) is 8.96. The lowest BCUT2D eigenvalue weighted by Gasteiger charge is -2.15. The van der Waals surface area contributed by atoms with Crippen LogP contribution in [0.25, 0.3) is 27.8 Å². The van der Waals surface area contributed by atoms with Crippen molar-refractivity contribution in [3.05, 3.63) is 131 Å². The Balaban J connectivity index is 0.000000324. The highest BCUT2D eigenvalue weighted by atomic mass is 19.4. The van der Waals surface area contributed by atoms with Gasteiger partial charge in [0.25, 0.3) is 5.91 Å². The van der Waals surface area contributed by atoms with E-state index in [0.717, 1.165) is 12.1 Å². The third-order valence-electron chi connectivity index (χ3n) is 6.63. The molecule has 5 N–H and O–H groups in total. The summed E-state index contributed by atoms with van der Waals surface area (Å²) in [6, 6.07) is 25.7. The van der Waals surface area contributed by atoms with Crippen LogP contribution in [0, 0.1) is 0 Å². The lowest BCUT2D eigenvalue weighted by Crippen LogP contribution is -2.17. The lowest BCUT2D eigenvalue weighted by molar-refractivity contribution is -0.137. The normalized spacial score (nSPS) is 11.7. The van der Waals surface area contributed by atoms with Gasteiger partial charge in [-0.2, -0.15) is 13.2 Å². The van der Waals surface area contributed by atoms with Gasteiger partial charge in [-0.3, -0.25) is 9.59 Å². The number of fused-ring (bicyclic) bond motifs is 1. The zero-order valence-corrected chi connectivity index (χ0v) is 22.7. The standard InChI is InChI=1S/C24H17F3N2O3.C8H9N2O/c1-29-20-11-10-17(12-15(20)13-21(29)23(31)32)28-22(30)19-5-3-2-4-18(19)14-6-8-16(9-7-14)24(25,26)27;9-7(8(10)11)6-4-2-1-3-5-6/h2-13H,1H3,(H,28,30)(H,31,32);1-5,7,9H,(H2,10,11)/q;-1. The number of carboxylic acid groups (broad SMARTS) is 1. The van der Waals surface area contributed by atoms with Crippen LogP contribution in [-0.4, -0.2) is 27.5 Å². The van der Waals surface area contributed by atoms with Gasteiger partial charge < -0.3 is 26.5 Å². The Morgan fingerprint density at radius 1 is 0.884 bits per heavy atom. The van der Waals surface area contributed by atoms with E-state index < -0.39 is 35.6 Å². The lowest BCUT2D eigenvalue weighted by atomic mass is 9.98. The first-order chi connectivity index (χ1) is 20.4. The molecule has 0 fully saturated rings. The molecule has 0 spiro atoms. The van der Waals surface area contributed by atoms with E-state index in [-0.39, 0.29) is 5.69 Å². The molecule has 1 heterocycles. The number of halogens is 3. The summed E-state index contributed by atoms with van der Waals surface area (Å²) < 4.78 is 40.1. The molecular weight excluding hydrogens is 561 g/mol. The number of carbonyl (C=O) groups excluding carboxylic acids is 2. The third-order valence-corrected chi connectivity index (χ3v) is 6.63. The van der Waals surface area contributed by atoms with E-state index in [1.165, 1.54) is 18.2 Å². The summed E-state index contributed by atoms with van der Waals surface area (Å²) in [7, 11) is 1.64. The molecule has 0 saturated carbocycles. The van der Waals surface area contributed by atoms with Crippen molar-refractivity contribution in [3.8, 4) is 11.1 Å². The van der Waals surface area contributed by atoms with Crippen LogP contribution in [0.4, 0.5) is 18.9 Å². The highest BCUT2D eigenvalue weighted by Crippen LogP contribution is 2.32. The molecule has 0 saturated heterocycles. The van der Waals surface area contributed by atoms with Gasteiger partial charge in [0.15, 0.2) is 0 Å². The molecule has 5 aromatic rings. The average molecular weight is 588 g/mol. The number of carbonyl (C=O) groups is 3. The van der Waals surface area contributed by atoms with Crippen LogP contribution in [0.1, 0.15) is 38.0 Å². The second-order valence-electron chi connectivity index (χ2n) is 9.49. The summed E-state index contributed by atoms with van der Waals surface area (Å²) in [5.74, 6) is -2.11. The van der Waals surface area contributed by atoms with Crippen LogP contribution in [-0.2, 0) is 18.0 Å². The van der Waals surface area contributed by atoms with Crippen LogP contribution >= 0.6 is 0 Å². The number of aryl methyl sites for hydroxylation is 1. The summed E-state index contributed by atoms with van der Waals surface area (Å²) in [5, 5.41) is 12.7. The molecule has 0 bridgehead atoms. The minimum Gasteiger partial charge on any atom is -0.663 e. The average Bonchev–Trinajstić information content (AvgIpc) is 3.33. The van der Waals surface area contributed by atoms with E-state index in [4.69, 9.17) is 11.5 Å². The van der Waals surface area contributed by atoms with Gasteiger partial charge in [-0.1, -0.05) is 66.2 Å². The van der Waals surface area contributed by atoms with Gasteiger partial charge in [0, 0.05) is 29.2 Å². The molecule has 8 nitrogen and oxygen atoms in total. The maximum absolute atomic E-state index is 13.0. The molecule has 2 amide bonds. The molecule has 220 valence electrons.